The van der Waals surface area contributed by atoms with E-state index < -0.39 is 6.10 Å². The van der Waals surface area contributed by atoms with Crippen LogP contribution in [0.25, 0.3) is 0 Å². The van der Waals surface area contributed by atoms with Crippen LogP contribution >= 0.6 is 0 Å². The topological polar surface area (TPSA) is 60.0 Å². The smallest absolute Gasteiger partial charge is 0.167 e. The summed E-state index contributed by atoms with van der Waals surface area (Å²) in [6, 6.07) is 3.70. The Kier molecular flexibility index (Phi) is 4.41. The van der Waals surface area contributed by atoms with Crippen molar-refractivity contribution in [3.8, 4) is 11.5 Å². The molecule has 0 fully saturated rings. The molecule has 5 nitrogen and oxygen atoms in total. The van der Waals surface area contributed by atoms with Crippen LogP contribution in [0.4, 0.5) is 0 Å². The van der Waals surface area contributed by atoms with Crippen LogP contribution in [0.3, 0.4) is 0 Å². The number of ether oxygens (including phenoxy) is 3. The molecule has 1 unspecified atom stereocenters. The predicted octanol–water partition coefficient (Wildman–Crippen LogP) is 0.857. The number of hydrogen-bond acceptors (Lipinski definition) is 5. The number of rotatable bonds is 5. The number of hydrogen-bond donors (Lipinski definition) is 2. The standard InChI is InChI=1S/C13H19NO4/c1-14-7-11(15)9-3-4-12-13(10(9)8-16-2)18-6-5-17-12/h3-4,11,14-15H,5-8H2,1-2H3. The van der Waals surface area contributed by atoms with Crippen molar-refractivity contribution in [2.45, 2.75) is 12.7 Å². The number of benzene rings is 1. The Balaban J connectivity index is 2.39. The largest absolute Gasteiger partial charge is 0.486 e. The molecule has 1 aromatic rings. The van der Waals surface area contributed by atoms with E-state index in [1.165, 1.54) is 0 Å². The van der Waals surface area contributed by atoms with Gasteiger partial charge in [-0.15, -0.1) is 0 Å². The predicted molar refractivity (Wildman–Crippen MR) is 67.0 cm³/mol. The molecule has 1 aliphatic heterocycles. The number of likely N-dealkylation sites (N-methyl/N-ethyl adjacent to an activating group) is 1. The van der Waals surface area contributed by atoms with Gasteiger partial charge in [-0.3, -0.25) is 0 Å². The Morgan fingerprint density at radius 1 is 1.39 bits per heavy atom. The van der Waals surface area contributed by atoms with Gasteiger partial charge in [0, 0.05) is 19.2 Å². The Morgan fingerprint density at radius 3 is 2.89 bits per heavy atom. The molecule has 0 aliphatic carbocycles. The molecule has 0 amide bonds. The van der Waals surface area contributed by atoms with Crippen LogP contribution < -0.4 is 14.8 Å². The van der Waals surface area contributed by atoms with Gasteiger partial charge in [0.05, 0.1) is 12.7 Å². The second-order valence-electron chi connectivity index (χ2n) is 4.16. The minimum absolute atomic E-state index is 0.392. The van der Waals surface area contributed by atoms with Crippen LogP contribution in [0.1, 0.15) is 17.2 Å². The summed E-state index contributed by atoms with van der Waals surface area (Å²) in [5.41, 5.74) is 1.67. The van der Waals surface area contributed by atoms with Crippen LogP contribution in [0.2, 0.25) is 0 Å². The molecule has 0 aromatic heterocycles. The first-order valence-corrected chi connectivity index (χ1v) is 6.01. The SMILES string of the molecule is CNCC(O)c1ccc2c(c1COC)OCCO2. The third-order valence-corrected chi connectivity index (χ3v) is 2.89. The fourth-order valence-electron chi connectivity index (χ4n) is 2.10. The van der Waals surface area contributed by atoms with Gasteiger partial charge >= 0.3 is 0 Å². The van der Waals surface area contributed by atoms with Gasteiger partial charge in [-0.25, -0.2) is 0 Å². The van der Waals surface area contributed by atoms with E-state index in [0.717, 1.165) is 11.1 Å². The maximum atomic E-state index is 10.1. The Hall–Kier alpha value is -1.30. The minimum atomic E-state index is -0.587. The van der Waals surface area contributed by atoms with Crippen LogP contribution in [-0.4, -0.2) is 39.0 Å². The van der Waals surface area contributed by atoms with Gasteiger partial charge in [-0.05, 0) is 18.7 Å². The first-order chi connectivity index (χ1) is 8.77. The Labute approximate surface area is 107 Å². The second kappa shape index (κ2) is 6.04. The molecule has 5 heteroatoms. The number of fused-ring (bicyclic) bond motifs is 1. The maximum absolute atomic E-state index is 10.1. The van der Waals surface area contributed by atoms with E-state index in [2.05, 4.69) is 5.32 Å². The highest BCUT2D eigenvalue weighted by atomic mass is 16.6. The molecule has 1 atom stereocenters. The summed E-state index contributed by atoms with van der Waals surface area (Å²) in [5.74, 6) is 1.41. The van der Waals surface area contributed by atoms with E-state index in [1.807, 2.05) is 12.1 Å². The quantitative estimate of drug-likeness (QED) is 0.815. The van der Waals surface area contributed by atoms with E-state index in [9.17, 15) is 5.11 Å². The average molecular weight is 253 g/mol. The summed E-state index contributed by atoms with van der Waals surface area (Å²) in [6.45, 7) is 1.95. The molecule has 100 valence electrons. The molecule has 1 aliphatic rings. The van der Waals surface area contributed by atoms with Crippen molar-refractivity contribution in [3.05, 3.63) is 23.3 Å². The lowest BCUT2D eigenvalue weighted by molar-refractivity contribution is 0.142. The molecule has 0 radical (unpaired) electrons. The first-order valence-electron chi connectivity index (χ1n) is 6.01. The first kappa shape index (κ1) is 13.1. The molecule has 1 heterocycles. The zero-order valence-electron chi connectivity index (χ0n) is 10.7. The highest BCUT2D eigenvalue weighted by Crippen LogP contribution is 2.38. The summed E-state index contributed by atoms with van der Waals surface area (Å²) < 4.78 is 16.4. The molecule has 0 saturated carbocycles. The molecule has 0 spiro atoms. The van der Waals surface area contributed by atoms with Crippen molar-refractivity contribution in [1.82, 2.24) is 5.32 Å². The lowest BCUT2D eigenvalue weighted by Crippen LogP contribution is -2.21. The second-order valence-corrected chi connectivity index (χ2v) is 4.16. The molecular weight excluding hydrogens is 234 g/mol. The van der Waals surface area contributed by atoms with Crippen LogP contribution in [0.15, 0.2) is 12.1 Å². The van der Waals surface area contributed by atoms with E-state index >= 15 is 0 Å². The fourth-order valence-corrected chi connectivity index (χ4v) is 2.10. The normalized spacial score (nSPS) is 15.5. The van der Waals surface area contributed by atoms with Crippen molar-refractivity contribution in [2.75, 3.05) is 33.9 Å². The van der Waals surface area contributed by atoms with Gasteiger partial charge in [0.15, 0.2) is 11.5 Å². The Morgan fingerprint density at radius 2 is 2.17 bits per heavy atom. The van der Waals surface area contributed by atoms with Crippen molar-refractivity contribution in [1.29, 1.82) is 0 Å². The summed E-state index contributed by atoms with van der Waals surface area (Å²) in [7, 11) is 3.43. The van der Waals surface area contributed by atoms with E-state index in [1.54, 1.807) is 14.2 Å². The molecule has 18 heavy (non-hydrogen) atoms. The van der Waals surface area contributed by atoms with E-state index in [4.69, 9.17) is 14.2 Å². The molecular formula is C13H19NO4. The minimum Gasteiger partial charge on any atom is -0.486 e. The van der Waals surface area contributed by atoms with Gasteiger partial charge in [0.2, 0.25) is 0 Å². The van der Waals surface area contributed by atoms with Crippen LogP contribution in [0.5, 0.6) is 11.5 Å². The lowest BCUT2D eigenvalue weighted by atomic mass is 10.0. The van der Waals surface area contributed by atoms with Crippen molar-refractivity contribution in [2.24, 2.45) is 0 Å². The summed E-state index contributed by atoms with van der Waals surface area (Å²) in [4.78, 5) is 0. The van der Waals surface area contributed by atoms with Crippen molar-refractivity contribution >= 4 is 0 Å². The molecule has 2 N–H and O–H groups in total. The van der Waals surface area contributed by atoms with Crippen LogP contribution in [-0.2, 0) is 11.3 Å². The van der Waals surface area contributed by atoms with Crippen molar-refractivity contribution in [3.63, 3.8) is 0 Å². The third-order valence-electron chi connectivity index (χ3n) is 2.89. The summed E-state index contributed by atoms with van der Waals surface area (Å²) in [5, 5.41) is 13.1. The van der Waals surface area contributed by atoms with Gasteiger partial charge < -0.3 is 24.6 Å². The zero-order chi connectivity index (χ0) is 13.0. The number of aliphatic hydroxyl groups is 1. The monoisotopic (exact) mass is 253 g/mol. The van der Waals surface area contributed by atoms with Gasteiger partial charge in [-0.2, -0.15) is 0 Å². The third kappa shape index (κ3) is 2.58. The van der Waals surface area contributed by atoms with Gasteiger partial charge in [0.1, 0.15) is 13.2 Å². The average Bonchev–Trinajstić information content (AvgIpc) is 2.39. The molecule has 2 rings (SSSR count). The number of aliphatic hydroxyl groups excluding tert-OH is 1. The zero-order valence-corrected chi connectivity index (χ0v) is 10.7. The van der Waals surface area contributed by atoms with Gasteiger partial charge in [-0.1, -0.05) is 6.07 Å². The molecule has 0 saturated heterocycles. The van der Waals surface area contributed by atoms with Crippen molar-refractivity contribution < 1.29 is 19.3 Å². The summed E-state index contributed by atoms with van der Waals surface area (Å²) in [6.07, 6.45) is -0.587. The highest BCUT2D eigenvalue weighted by molar-refractivity contribution is 5.52. The summed E-state index contributed by atoms with van der Waals surface area (Å²) >= 11 is 0. The fraction of sp³-hybridized carbons (Fsp3) is 0.538. The lowest BCUT2D eigenvalue weighted by Gasteiger charge is -2.24. The van der Waals surface area contributed by atoms with E-state index in [0.29, 0.717) is 37.9 Å². The maximum Gasteiger partial charge on any atom is 0.167 e. The Bertz CT molecular complexity index is 408. The highest BCUT2D eigenvalue weighted by Gasteiger charge is 2.22. The number of methoxy groups -OCH3 is 1. The van der Waals surface area contributed by atoms with E-state index in [-0.39, 0.29) is 0 Å². The number of nitrogens with one attached hydrogen (secondary N) is 1. The van der Waals surface area contributed by atoms with Crippen LogP contribution in [0, 0.1) is 0 Å². The molecule has 1 aromatic carbocycles. The molecule has 0 bridgehead atoms. The van der Waals surface area contributed by atoms with Gasteiger partial charge in [0.25, 0.3) is 0 Å².